The molecule has 0 atom stereocenters. The van der Waals surface area contributed by atoms with Crippen molar-refractivity contribution >= 4 is 16.3 Å². The van der Waals surface area contributed by atoms with Crippen molar-refractivity contribution in [3.05, 3.63) is 0 Å². The van der Waals surface area contributed by atoms with Gasteiger partial charge in [-0.3, -0.25) is 0 Å². The molecule has 0 aromatic heterocycles. The normalized spacial score (nSPS) is 20.7. The monoisotopic (exact) mass is 191 g/mol. The lowest BCUT2D eigenvalue weighted by Gasteiger charge is -2.24. The summed E-state index contributed by atoms with van der Waals surface area (Å²) in [5.74, 6) is -0.368. The van der Waals surface area contributed by atoms with E-state index in [2.05, 4.69) is 0 Å². The third-order valence-corrected chi connectivity index (χ3v) is 3.70. The van der Waals surface area contributed by atoms with E-state index < -0.39 is 10.0 Å². The molecule has 1 rings (SSSR count). The lowest BCUT2D eigenvalue weighted by molar-refractivity contribution is -0.105. The highest BCUT2D eigenvalue weighted by molar-refractivity contribution is 7.89. The van der Waals surface area contributed by atoms with Crippen LogP contribution in [0, 0.1) is 0 Å². The molecule has 1 saturated heterocycles. The molecule has 12 heavy (non-hydrogen) atoms. The fourth-order valence-electron chi connectivity index (χ4n) is 1.33. The largest absolute Gasteiger partial charge is 0.302 e. The number of hydrogen-bond donors (Lipinski definition) is 0. The Morgan fingerprint density at radius 3 is 2.25 bits per heavy atom. The molecule has 1 heterocycles. The van der Waals surface area contributed by atoms with Gasteiger partial charge < -0.3 is 4.79 Å². The number of aldehydes is 1. The standard InChI is InChI=1S/C7H13NO3S/c9-6-7-12(10,11)8-4-2-1-3-5-8/h6H,1-5,7H2. The fraction of sp³-hybridized carbons (Fsp3) is 0.857. The minimum Gasteiger partial charge on any atom is -0.302 e. The lowest BCUT2D eigenvalue weighted by atomic mass is 10.2. The zero-order chi connectivity index (χ0) is 9.03. The van der Waals surface area contributed by atoms with Gasteiger partial charge in [0.05, 0.1) is 0 Å². The maximum atomic E-state index is 11.3. The molecular weight excluding hydrogens is 178 g/mol. The highest BCUT2D eigenvalue weighted by Crippen LogP contribution is 2.12. The van der Waals surface area contributed by atoms with Gasteiger partial charge in [-0.05, 0) is 12.8 Å². The third-order valence-electron chi connectivity index (χ3n) is 1.99. The molecule has 0 spiro atoms. The van der Waals surface area contributed by atoms with Crippen molar-refractivity contribution in [2.75, 3.05) is 18.8 Å². The summed E-state index contributed by atoms with van der Waals surface area (Å²) in [7, 11) is -3.27. The van der Waals surface area contributed by atoms with Crippen LogP contribution in [0.2, 0.25) is 0 Å². The van der Waals surface area contributed by atoms with E-state index in [9.17, 15) is 13.2 Å². The van der Waals surface area contributed by atoms with Crippen LogP contribution >= 0.6 is 0 Å². The summed E-state index contributed by atoms with van der Waals surface area (Å²) in [4.78, 5) is 10.1. The Hall–Kier alpha value is -0.420. The van der Waals surface area contributed by atoms with Gasteiger partial charge in [-0.15, -0.1) is 0 Å². The van der Waals surface area contributed by atoms with Gasteiger partial charge in [0.2, 0.25) is 10.0 Å². The zero-order valence-corrected chi connectivity index (χ0v) is 7.72. The average Bonchev–Trinajstić information content (AvgIpc) is 2.06. The predicted molar refractivity (Wildman–Crippen MR) is 45.3 cm³/mol. The van der Waals surface area contributed by atoms with Crippen LogP contribution < -0.4 is 0 Å². The molecule has 5 heteroatoms. The van der Waals surface area contributed by atoms with Gasteiger partial charge in [0.1, 0.15) is 12.0 Å². The van der Waals surface area contributed by atoms with Gasteiger partial charge in [0, 0.05) is 13.1 Å². The van der Waals surface area contributed by atoms with Gasteiger partial charge in [-0.25, -0.2) is 12.7 Å². The van der Waals surface area contributed by atoms with E-state index in [1.54, 1.807) is 0 Å². The van der Waals surface area contributed by atoms with E-state index in [1.165, 1.54) is 4.31 Å². The SMILES string of the molecule is O=CCS(=O)(=O)N1CCCCC1. The third kappa shape index (κ3) is 2.28. The Kier molecular flexibility index (Phi) is 3.22. The van der Waals surface area contributed by atoms with Crippen LogP contribution in [0.4, 0.5) is 0 Å². The van der Waals surface area contributed by atoms with Crippen molar-refractivity contribution in [1.29, 1.82) is 0 Å². The molecule has 4 nitrogen and oxygen atoms in total. The van der Waals surface area contributed by atoms with Crippen LogP contribution in [-0.2, 0) is 14.8 Å². The van der Waals surface area contributed by atoms with E-state index in [-0.39, 0.29) is 5.75 Å². The number of hydrogen-bond acceptors (Lipinski definition) is 3. The summed E-state index contributed by atoms with van der Waals surface area (Å²) in [5.41, 5.74) is 0. The molecule has 0 aliphatic carbocycles. The molecule has 1 fully saturated rings. The number of carbonyl (C=O) groups excluding carboxylic acids is 1. The highest BCUT2D eigenvalue weighted by atomic mass is 32.2. The minimum atomic E-state index is -3.27. The topological polar surface area (TPSA) is 54.5 Å². The molecule has 1 aliphatic heterocycles. The Balaban J connectivity index is 2.60. The van der Waals surface area contributed by atoms with Crippen molar-refractivity contribution in [3.63, 3.8) is 0 Å². The molecule has 0 aromatic rings. The fourth-order valence-corrected chi connectivity index (χ4v) is 2.53. The molecule has 0 bridgehead atoms. The van der Waals surface area contributed by atoms with Crippen LogP contribution in [0.15, 0.2) is 0 Å². The zero-order valence-electron chi connectivity index (χ0n) is 6.90. The van der Waals surface area contributed by atoms with Crippen LogP contribution in [0.3, 0.4) is 0 Å². The number of rotatable bonds is 3. The van der Waals surface area contributed by atoms with Crippen molar-refractivity contribution in [3.8, 4) is 0 Å². The second-order valence-corrected chi connectivity index (χ2v) is 4.92. The van der Waals surface area contributed by atoms with Gasteiger partial charge in [-0.1, -0.05) is 6.42 Å². The molecule has 0 radical (unpaired) electrons. The Bertz CT molecular complexity index is 241. The van der Waals surface area contributed by atoms with Crippen LogP contribution in [-0.4, -0.2) is 37.9 Å². The first-order valence-corrected chi connectivity index (χ1v) is 5.69. The lowest BCUT2D eigenvalue weighted by Crippen LogP contribution is -2.37. The first kappa shape index (κ1) is 9.67. The Morgan fingerprint density at radius 1 is 1.17 bits per heavy atom. The molecular formula is C7H13NO3S. The van der Waals surface area contributed by atoms with Gasteiger partial charge in [-0.2, -0.15) is 0 Å². The minimum absolute atomic E-state index is 0.368. The first-order valence-electron chi connectivity index (χ1n) is 4.08. The first-order chi connectivity index (χ1) is 5.67. The maximum absolute atomic E-state index is 11.3. The predicted octanol–water partition coefficient (Wildman–Crippen LogP) is 0.00100. The van der Waals surface area contributed by atoms with Gasteiger partial charge in [0.25, 0.3) is 0 Å². The smallest absolute Gasteiger partial charge is 0.220 e. The number of carbonyl (C=O) groups is 1. The Morgan fingerprint density at radius 2 is 1.75 bits per heavy atom. The molecule has 0 unspecified atom stereocenters. The van der Waals surface area contributed by atoms with Crippen LogP contribution in [0.5, 0.6) is 0 Å². The molecule has 0 N–H and O–H groups in total. The number of nitrogens with zero attached hydrogens (tertiary/aromatic N) is 1. The second-order valence-electron chi connectivity index (χ2n) is 2.90. The van der Waals surface area contributed by atoms with E-state index in [1.807, 2.05) is 0 Å². The second kappa shape index (κ2) is 4.00. The van der Waals surface area contributed by atoms with E-state index in [0.29, 0.717) is 19.4 Å². The summed E-state index contributed by atoms with van der Waals surface area (Å²) >= 11 is 0. The number of piperidine rings is 1. The summed E-state index contributed by atoms with van der Waals surface area (Å²) in [6.07, 6.45) is 3.37. The summed E-state index contributed by atoms with van der Waals surface area (Å²) in [5, 5.41) is 0. The molecule has 0 aromatic carbocycles. The van der Waals surface area contributed by atoms with Crippen molar-refractivity contribution in [1.82, 2.24) is 4.31 Å². The van der Waals surface area contributed by atoms with Crippen LogP contribution in [0.25, 0.3) is 0 Å². The maximum Gasteiger partial charge on any atom is 0.220 e. The molecule has 1 aliphatic rings. The summed E-state index contributed by atoms with van der Waals surface area (Å²) in [6.45, 7) is 1.16. The summed E-state index contributed by atoms with van der Waals surface area (Å²) < 4.78 is 24.0. The molecule has 0 saturated carbocycles. The number of sulfonamides is 1. The highest BCUT2D eigenvalue weighted by Gasteiger charge is 2.22. The molecule has 0 amide bonds. The van der Waals surface area contributed by atoms with Gasteiger partial charge in [0.15, 0.2) is 0 Å². The van der Waals surface area contributed by atoms with Crippen molar-refractivity contribution < 1.29 is 13.2 Å². The summed E-state index contributed by atoms with van der Waals surface area (Å²) in [6, 6.07) is 0. The van der Waals surface area contributed by atoms with E-state index in [4.69, 9.17) is 0 Å². The Labute approximate surface area is 72.6 Å². The average molecular weight is 191 g/mol. The van der Waals surface area contributed by atoms with E-state index >= 15 is 0 Å². The quantitative estimate of drug-likeness (QED) is 0.590. The van der Waals surface area contributed by atoms with Crippen molar-refractivity contribution in [2.45, 2.75) is 19.3 Å². The van der Waals surface area contributed by atoms with Crippen LogP contribution in [0.1, 0.15) is 19.3 Å². The van der Waals surface area contributed by atoms with Gasteiger partial charge >= 0.3 is 0 Å². The molecule has 70 valence electrons. The van der Waals surface area contributed by atoms with E-state index in [0.717, 1.165) is 19.3 Å². The van der Waals surface area contributed by atoms with Crippen molar-refractivity contribution in [2.24, 2.45) is 0 Å².